The van der Waals surface area contributed by atoms with Gasteiger partial charge in [-0.3, -0.25) is 9.52 Å². The average molecular weight is 475 g/mol. The molecule has 1 aliphatic carbocycles. The molecule has 1 saturated carbocycles. The molecule has 4 rings (SSSR count). The number of fused-ring (bicyclic) bond motifs is 1. The van der Waals surface area contributed by atoms with E-state index in [1.165, 1.54) is 42.8 Å². The average Bonchev–Trinajstić information content (AvgIpc) is 2.83. The number of hydrogen-bond donors (Lipinski definition) is 2. The Hall–Kier alpha value is -3.27. The summed E-state index contributed by atoms with van der Waals surface area (Å²) in [7, 11) is -3.87. The molecule has 2 aromatic carbocycles. The minimum atomic E-state index is -3.87. The quantitative estimate of drug-likeness (QED) is 0.592. The van der Waals surface area contributed by atoms with Crippen LogP contribution in [0.3, 0.4) is 0 Å². The van der Waals surface area contributed by atoms with Crippen LogP contribution in [-0.2, 0) is 19.6 Å². The van der Waals surface area contributed by atoms with Gasteiger partial charge in [-0.2, -0.15) is 0 Å². The van der Waals surface area contributed by atoms with Gasteiger partial charge in [0.15, 0.2) is 18.1 Å². The Morgan fingerprint density at radius 2 is 1.64 bits per heavy atom. The van der Waals surface area contributed by atoms with E-state index in [9.17, 15) is 18.0 Å². The lowest BCUT2D eigenvalue weighted by Crippen LogP contribution is -2.38. The predicted octanol–water partition coefficient (Wildman–Crippen LogP) is 2.86. The van der Waals surface area contributed by atoms with Crippen LogP contribution >= 0.6 is 0 Å². The first-order valence-corrected chi connectivity index (χ1v) is 12.4. The molecule has 0 unspecified atom stereocenters. The van der Waals surface area contributed by atoms with E-state index in [1.807, 2.05) is 0 Å². The van der Waals surface area contributed by atoms with Gasteiger partial charge in [0.1, 0.15) is 13.2 Å². The van der Waals surface area contributed by atoms with E-state index >= 15 is 0 Å². The smallest absolute Gasteiger partial charge is 0.338 e. The monoisotopic (exact) mass is 474 g/mol. The number of nitrogens with one attached hydrogen (secondary N) is 2. The number of rotatable bonds is 7. The van der Waals surface area contributed by atoms with Crippen LogP contribution in [0, 0.1) is 0 Å². The van der Waals surface area contributed by atoms with Crippen molar-refractivity contribution in [2.75, 3.05) is 24.5 Å². The van der Waals surface area contributed by atoms with Crippen LogP contribution in [0.1, 0.15) is 42.5 Å². The van der Waals surface area contributed by atoms with Gasteiger partial charge in [-0.05, 0) is 49.2 Å². The summed E-state index contributed by atoms with van der Waals surface area (Å²) in [4.78, 5) is 24.3. The highest BCUT2D eigenvalue weighted by Gasteiger charge is 2.20. The van der Waals surface area contributed by atoms with Crippen LogP contribution in [0.4, 0.5) is 5.69 Å². The van der Waals surface area contributed by atoms with Gasteiger partial charge in [-0.1, -0.05) is 19.3 Å². The van der Waals surface area contributed by atoms with Gasteiger partial charge >= 0.3 is 5.97 Å². The van der Waals surface area contributed by atoms with Gasteiger partial charge in [0.05, 0.1) is 10.5 Å². The Morgan fingerprint density at radius 1 is 0.939 bits per heavy atom. The molecule has 1 aliphatic heterocycles. The molecular formula is C23H26N2O7S. The Bertz CT molecular complexity index is 1110. The number of benzene rings is 2. The second-order valence-electron chi connectivity index (χ2n) is 7.97. The van der Waals surface area contributed by atoms with Gasteiger partial charge in [-0.15, -0.1) is 0 Å². The molecule has 0 saturated heterocycles. The first-order chi connectivity index (χ1) is 15.9. The maximum absolute atomic E-state index is 12.7. The zero-order valence-corrected chi connectivity index (χ0v) is 18.9. The third kappa shape index (κ3) is 5.95. The van der Waals surface area contributed by atoms with Crippen LogP contribution < -0.4 is 19.5 Å². The number of carbonyl (C=O) groups excluding carboxylic acids is 2. The molecular weight excluding hydrogens is 448 g/mol. The maximum atomic E-state index is 12.7. The van der Waals surface area contributed by atoms with Crippen molar-refractivity contribution in [3.8, 4) is 11.5 Å². The summed E-state index contributed by atoms with van der Waals surface area (Å²) >= 11 is 0. The Kier molecular flexibility index (Phi) is 7.02. The highest BCUT2D eigenvalue weighted by Crippen LogP contribution is 2.32. The standard InChI is InChI=1S/C23H26N2O7S/c26-22(24-17-4-2-1-3-5-17)15-32-23(27)16-6-8-18(9-7-16)25-33(28,29)19-10-11-20-21(14-19)31-13-12-30-20/h6-11,14,17,25H,1-5,12-13,15H2,(H,24,26). The van der Waals surface area contributed by atoms with Crippen molar-refractivity contribution in [2.45, 2.75) is 43.0 Å². The highest BCUT2D eigenvalue weighted by atomic mass is 32.2. The van der Waals surface area contributed by atoms with E-state index in [0.717, 1.165) is 25.7 Å². The SMILES string of the molecule is O=C(COC(=O)c1ccc(NS(=O)(=O)c2ccc3c(c2)OCCO3)cc1)NC1CCCCC1. The molecule has 0 bridgehead atoms. The lowest BCUT2D eigenvalue weighted by molar-refractivity contribution is -0.125. The molecule has 1 heterocycles. The first-order valence-electron chi connectivity index (χ1n) is 10.9. The van der Waals surface area contributed by atoms with Crippen LogP contribution in [0.15, 0.2) is 47.4 Å². The van der Waals surface area contributed by atoms with Crippen molar-refractivity contribution in [3.05, 3.63) is 48.0 Å². The normalized spacial score (nSPS) is 16.0. The van der Waals surface area contributed by atoms with E-state index in [-0.39, 0.29) is 34.7 Å². The highest BCUT2D eigenvalue weighted by molar-refractivity contribution is 7.92. The first kappa shape index (κ1) is 22.9. The number of hydrogen-bond acceptors (Lipinski definition) is 7. The zero-order chi connectivity index (χ0) is 23.3. The predicted molar refractivity (Wildman–Crippen MR) is 120 cm³/mol. The van der Waals surface area contributed by atoms with Gasteiger partial charge in [0, 0.05) is 17.8 Å². The summed E-state index contributed by atoms with van der Waals surface area (Å²) in [5.41, 5.74) is 0.485. The lowest BCUT2D eigenvalue weighted by Gasteiger charge is -2.22. The second kappa shape index (κ2) is 10.1. The van der Waals surface area contributed by atoms with Crippen molar-refractivity contribution in [1.82, 2.24) is 5.32 Å². The third-order valence-corrected chi connectivity index (χ3v) is 6.88. The summed E-state index contributed by atoms with van der Waals surface area (Å²) in [6.07, 6.45) is 5.27. The maximum Gasteiger partial charge on any atom is 0.338 e. The molecule has 1 fully saturated rings. The van der Waals surface area contributed by atoms with E-state index in [2.05, 4.69) is 10.0 Å². The topological polar surface area (TPSA) is 120 Å². The molecule has 2 aromatic rings. The second-order valence-corrected chi connectivity index (χ2v) is 9.65. The summed E-state index contributed by atoms with van der Waals surface area (Å²) in [5, 5.41) is 2.89. The fourth-order valence-corrected chi connectivity index (χ4v) is 4.88. The van der Waals surface area contributed by atoms with E-state index < -0.39 is 16.0 Å². The largest absolute Gasteiger partial charge is 0.486 e. The molecule has 2 aliphatic rings. The minimum Gasteiger partial charge on any atom is -0.486 e. The van der Waals surface area contributed by atoms with Gasteiger partial charge < -0.3 is 19.5 Å². The lowest BCUT2D eigenvalue weighted by atomic mass is 9.95. The van der Waals surface area contributed by atoms with Gasteiger partial charge in [-0.25, -0.2) is 13.2 Å². The number of sulfonamides is 1. The summed E-state index contributed by atoms with van der Waals surface area (Å²) in [6.45, 7) is 0.412. The Labute approximate surface area is 192 Å². The number of carbonyl (C=O) groups is 2. The molecule has 33 heavy (non-hydrogen) atoms. The molecule has 0 aromatic heterocycles. The molecule has 0 spiro atoms. The molecule has 1 amide bonds. The molecule has 9 nitrogen and oxygen atoms in total. The van der Waals surface area contributed by atoms with Crippen molar-refractivity contribution in [1.29, 1.82) is 0 Å². The molecule has 0 radical (unpaired) electrons. The molecule has 2 N–H and O–H groups in total. The number of ether oxygens (including phenoxy) is 3. The van der Waals surface area contributed by atoms with Crippen molar-refractivity contribution >= 4 is 27.6 Å². The van der Waals surface area contributed by atoms with E-state index in [1.54, 1.807) is 6.07 Å². The fraction of sp³-hybridized carbons (Fsp3) is 0.391. The van der Waals surface area contributed by atoms with Crippen LogP contribution in [0.2, 0.25) is 0 Å². The van der Waals surface area contributed by atoms with Crippen LogP contribution in [-0.4, -0.2) is 46.2 Å². The van der Waals surface area contributed by atoms with Crippen molar-refractivity contribution in [3.63, 3.8) is 0 Å². The van der Waals surface area contributed by atoms with Crippen molar-refractivity contribution < 1.29 is 32.2 Å². The minimum absolute atomic E-state index is 0.0271. The molecule has 0 atom stereocenters. The van der Waals surface area contributed by atoms with E-state index in [4.69, 9.17) is 14.2 Å². The number of amides is 1. The zero-order valence-electron chi connectivity index (χ0n) is 18.0. The van der Waals surface area contributed by atoms with E-state index in [0.29, 0.717) is 24.7 Å². The molecule has 10 heteroatoms. The van der Waals surface area contributed by atoms with Crippen LogP contribution in [0.25, 0.3) is 0 Å². The number of esters is 1. The summed E-state index contributed by atoms with van der Waals surface area (Å²) < 4.78 is 43.8. The summed E-state index contributed by atoms with van der Waals surface area (Å²) in [5.74, 6) is -0.112. The van der Waals surface area contributed by atoms with Crippen LogP contribution in [0.5, 0.6) is 11.5 Å². The third-order valence-electron chi connectivity index (χ3n) is 5.50. The van der Waals surface area contributed by atoms with Crippen molar-refractivity contribution in [2.24, 2.45) is 0 Å². The fourth-order valence-electron chi connectivity index (χ4n) is 3.81. The Morgan fingerprint density at radius 3 is 2.36 bits per heavy atom. The van der Waals surface area contributed by atoms with Gasteiger partial charge in [0.2, 0.25) is 0 Å². The molecule has 176 valence electrons. The van der Waals surface area contributed by atoms with Gasteiger partial charge in [0.25, 0.3) is 15.9 Å². The Balaban J connectivity index is 1.32. The summed E-state index contributed by atoms with van der Waals surface area (Å²) in [6, 6.07) is 10.3. The number of anilines is 1.